The zero-order valence-corrected chi connectivity index (χ0v) is 15.5. The van der Waals surface area contributed by atoms with Crippen LogP contribution in [0.1, 0.15) is 16.7 Å². The van der Waals surface area contributed by atoms with Gasteiger partial charge in [0.25, 0.3) is 0 Å². The fraction of sp³-hybridized carbons (Fsp3) is 0.0400. The summed E-state index contributed by atoms with van der Waals surface area (Å²) in [5, 5.41) is 2.11. The van der Waals surface area contributed by atoms with Gasteiger partial charge in [-0.15, -0.1) is 11.3 Å². The van der Waals surface area contributed by atoms with E-state index < -0.39 is 5.60 Å². The Morgan fingerprint density at radius 3 is 2.04 bits per heavy atom. The van der Waals surface area contributed by atoms with Crippen LogP contribution in [0.15, 0.2) is 102 Å². The van der Waals surface area contributed by atoms with E-state index in [-0.39, 0.29) is 0 Å². The molecule has 2 heterocycles. The Balaban J connectivity index is 1.64. The summed E-state index contributed by atoms with van der Waals surface area (Å²) in [6, 6.07) is 31.5. The van der Waals surface area contributed by atoms with Crippen molar-refractivity contribution in [2.45, 2.75) is 5.60 Å². The molecule has 0 bridgehead atoms. The summed E-state index contributed by atoms with van der Waals surface area (Å²) < 4.78 is 6.68. The van der Waals surface area contributed by atoms with E-state index in [2.05, 4.69) is 96.4 Å². The molecule has 0 radical (unpaired) electrons. The second-order valence-corrected chi connectivity index (χ2v) is 7.58. The van der Waals surface area contributed by atoms with Crippen molar-refractivity contribution in [1.29, 1.82) is 0 Å². The van der Waals surface area contributed by atoms with Crippen molar-refractivity contribution in [3.05, 3.63) is 119 Å². The molecule has 0 unspecified atom stereocenters. The quantitative estimate of drug-likeness (QED) is 0.389. The van der Waals surface area contributed by atoms with Crippen LogP contribution in [0.4, 0.5) is 0 Å². The molecule has 4 aromatic rings. The highest BCUT2D eigenvalue weighted by Crippen LogP contribution is 2.43. The van der Waals surface area contributed by atoms with Gasteiger partial charge in [-0.2, -0.15) is 0 Å². The van der Waals surface area contributed by atoms with Gasteiger partial charge in [0.15, 0.2) is 5.60 Å². The first-order valence-electron chi connectivity index (χ1n) is 9.02. The Bertz CT molecular complexity index is 1040. The van der Waals surface area contributed by atoms with Gasteiger partial charge in [-0.1, -0.05) is 72.8 Å². The predicted octanol–water partition coefficient (Wildman–Crippen LogP) is 6.76. The number of benzene rings is 3. The van der Waals surface area contributed by atoms with Crippen LogP contribution in [0.5, 0.6) is 5.75 Å². The van der Waals surface area contributed by atoms with Crippen LogP contribution in [-0.2, 0) is 5.60 Å². The number of hydrogen-bond donors (Lipinski definition) is 0. The van der Waals surface area contributed by atoms with Crippen LogP contribution in [0, 0.1) is 0 Å². The molecule has 0 amide bonds. The lowest BCUT2D eigenvalue weighted by Crippen LogP contribution is -2.34. The highest BCUT2D eigenvalue weighted by molar-refractivity contribution is 7.13. The topological polar surface area (TPSA) is 9.23 Å². The molecule has 0 N–H and O–H groups in total. The van der Waals surface area contributed by atoms with E-state index in [0.29, 0.717) is 0 Å². The van der Waals surface area contributed by atoms with Gasteiger partial charge in [0.05, 0.1) is 0 Å². The smallest absolute Gasteiger partial charge is 0.178 e. The SMILES string of the molecule is C1=CC(c2ccccc2)(c2ccccc2)Oc2ccc(-c3cccs3)cc21. The van der Waals surface area contributed by atoms with Crippen molar-refractivity contribution < 1.29 is 4.74 Å². The maximum Gasteiger partial charge on any atom is 0.178 e. The Labute approximate surface area is 163 Å². The molecule has 0 fully saturated rings. The number of ether oxygens (including phenoxy) is 1. The summed E-state index contributed by atoms with van der Waals surface area (Å²) in [7, 11) is 0. The molecule has 27 heavy (non-hydrogen) atoms. The van der Waals surface area contributed by atoms with Crippen LogP contribution in [-0.4, -0.2) is 0 Å². The lowest BCUT2D eigenvalue weighted by atomic mass is 9.83. The van der Waals surface area contributed by atoms with Crippen molar-refractivity contribution in [2.24, 2.45) is 0 Å². The van der Waals surface area contributed by atoms with Crippen molar-refractivity contribution in [2.75, 3.05) is 0 Å². The standard InChI is InChI=1S/C25H18OS/c1-3-8-21(9-4-1)25(22-10-5-2-6-11-22)16-15-19-18-20(13-14-23(19)26-25)24-12-7-17-27-24/h1-18H. The molecular formula is C25H18OS. The molecule has 0 spiro atoms. The highest BCUT2D eigenvalue weighted by Gasteiger charge is 2.36. The summed E-state index contributed by atoms with van der Waals surface area (Å²) in [5.41, 5.74) is 3.98. The molecule has 1 aliphatic heterocycles. The van der Waals surface area contributed by atoms with E-state index in [1.807, 2.05) is 12.1 Å². The molecular weight excluding hydrogens is 348 g/mol. The third-order valence-electron chi connectivity index (χ3n) is 4.99. The molecule has 0 atom stereocenters. The van der Waals surface area contributed by atoms with Crippen LogP contribution >= 0.6 is 11.3 Å². The normalized spacial score (nSPS) is 14.4. The van der Waals surface area contributed by atoms with Crippen LogP contribution in [0.3, 0.4) is 0 Å². The van der Waals surface area contributed by atoms with Gasteiger partial charge < -0.3 is 4.74 Å². The Hall–Kier alpha value is -3.10. The minimum Gasteiger partial charge on any atom is -0.473 e. The zero-order valence-electron chi connectivity index (χ0n) is 14.7. The van der Waals surface area contributed by atoms with Crippen molar-refractivity contribution in [3.8, 4) is 16.2 Å². The average Bonchev–Trinajstić information content (AvgIpc) is 3.29. The number of thiophene rings is 1. The minimum absolute atomic E-state index is 0.611. The van der Waals surface area contributed by atoms with Crippen molar-refractivity contribution in [1.82, 2.24) is 0 Å². The summed E-state index contributed by atoms with van der Waals surface area (Å²) >= 11 is 1.76. The van der Waals surface area contributed by atoms with Crippen LogP contribution in [0.25, 0.3) is 16.5 Å². The van der Waals surface area contributed by atoms with Gasteiger partial charge in [-0.3, -0.25) is 0 Å². The van der Waals surface area contributed by atoms with Crippen LogP contribution in [0.2, 0.25) is 0 Å². The van der Waals surface area contributed by atoms with Gasteiger partial charge in [0, 0.05) is 21.6 Å². The Morgan fingerprint density at radius 1 is 0.704 bits per heavy atom. The molecule has 1 nitrogen and oxygen atoms in total. The predicted molar refractivity (Wildman–Crippen MR) is 113 cm³/mol. The first kappa shape index (κ1) is 16.1. The fourth-order valence-electron chi connectivity index (χ4n) is 3.63. The molecule has 3 aromatic carbocycles. The second-order valence-electron chi connectivity index (χ2n) is 6.63. The number of fused-ring (bicyclic) bond motifs is 1. The maximum atomic E-state index is 6.68. The molecule has 2 heteroatoms. The third-order valence-corrected chi connectivity index (χ3v) is 5.91. The summed E-state index contributed by atoms with van der Waals surface area (Å²) in [6.07, 6.45) is 4.37. The maximum absolute atomic E-state index is 6.68. The van der Waals surface area contributed by atoms with E-state index in [4.69, 9.17) is 4.74 Å². The third kappa shape index (κ3) is 2.79. The first-order valence-corrected chi connectivity index (χ1v) is 9.90. The average molecular weight is 366 g/mol. The van der Waals surface area contributed by atoms with Crippen molar-refractivity contribution in [3.63, 3.8) is 0 Å². The summed E-state index contributed by atoms with van der Waals surface area (Å²) in [5.74, 6) is 0.908. The molecule has 1 aliphatic rings. The highest BCUT2D eigenvalue weighted by atomic mass is 32.1. The number of rotatable bonds is 3. The van der Waals surface area contributed by atoms with Crippen molar-refractivity contribution >= 4 is 17.4 Å². The van der Waals surface area contributed by atoms with Gasteiger partial charge >= 0.3 is 0 Å². The second kappa shape index (κ2) is 6.57. The largest absolute Gasteiger partial charge is 0.473 e. The van der Waals surface area contributed by atoms with Gasteiger partial charge in [0.2, 0.25) is 0 Å². The lowest BCUT2D eigenvalue weighted by Gasteiger charge is -2.36. The zero-order chi connectivity index (χ0) is 18.1. The molecule has 0 saturated carbocycles. The Morgan fingerprint density at radius 2 is 1.41 bits per heavy atom. The van der Waals surface area contributed by atoms with Gasteiger partial charge in [-0.05, 0) is 41.3 Å². The minimum atomic E-state index is -0.611. The lowest BCUT2D eigenvalue weighted by molar-refractivity contribution is 0.161. The van der Waals surface area contributed by atoms with E-state index in [9.17, 15) is 0 Å². The van der Waals surface area contributed by atoms with E-state index in [1.54, 1.807) is 11.3 Å². The molecule has 1 aromatic heterocycles. The number of hydrogen-bond acceptors (Lipinski definition) is 2. The van der Waals surface area contributed by atoms with E-state index >= 15 is 0 Å². The molecule has 0 aliphatic carbocycles. The van der Waals surface area contributed by atoms with E-state index in [0.717, 1.165) is 22.4 Å². The monoisotopic (exact) mass is 366 g/mol. The van der Waals surface area contributed by atoms with Gasteiger partial charge in [0.1, 0.15) is 5.75 Å². The molecule has 5 rings (SSSR count). The van der Waals surface area contributed by atoms with Gasteiger partial charge in [-0.25, -0.2) is 0 Å². The van der Waals surface area contributed by atoms with Crippen LogP contribution < -0.4 is 4.74 Å². The fourth-order valence-corrected chi connectivity index (χ4v) is 4.35. The summed E-state index contributed by atoms with van der Waals surface area (Å²) in [4.78, 5) is 1.27. The Kier molecular flexibility index (Phi) is 3.92. The van der Waals surface area contributed by atoms with E-state index in [1.165, 1.54) is 10.4 Å². The molecule has 130 valence electrons. The summed E-state index contributed by atoms with van der Waals surface area (Å²) in [6.45, 7) is 0. The first-order chi connectivity index (χ1) is 13.4. The molecule has 0 saturated heterocycles.